The Balaban J connectivity index is 0.926. The number of amidine groups is 2. The summed E-state index contributed by atoms with van der Waals surface area (Å²) in [6.45, 7) is 3.92. The number of H-pyrrole nitrogens is 2. The van der Waals surface area contributed by atoms with Crippen LogP contribution in [0.4, 0.5) is 11.9 Å². The summed E-state index contributed by atoms with van der Waals surface area (Å²) in [6, 6.07) is 25.1. The zero-order valence-corrected chi connectivity index (χ0v) is 40.0. The van der Waals surface area contributed by atoms with Crippen molar-refractivity contribution in [3.8, 4) is 11.5 Å². The molecule has 7 atom stereocenters. The Hall–Kier alpha value is -7.34. The topological polar surface area (TPSA) is 265 Å². The smallest absolute Gasteiger partial charge is 0.280 e. The highest BCUT2D eigenvalue weighted by atomic mass is 16.6. The first-order valence-electron chi connectivity index (χ1n) is 23.0. The SMILES string of the molecule is COc1ccc(C(OC[C@H]2O[C@@H](n3cnc4c(=O)[nH]c(N=C(C)N(C)C)nc43)CC2O)(c2ccccc2)c2ccc(OCCN(C)C(C)=Nc3nc4c(ncn4[C@H]4CC(O)[C@@H](CO)O4)c(=O)[nH]3)cc2)cc1. The second kappa shape index (κ2) is 20.6. The molecule has 2 aliphatic rings. The molecule has 9 rings (SSSR count). The van der Waals surface area contributed by atoms with E-state index in [0.29, 0.717) is 29.7 Å². The normalized spacial score (nSPS) is 21.5. The lowest BCUT2D eigenvalue weighted by molar-refractivity contribution is -0.0931. The molecule has 6 heterocycles. The van der Waals surface area contributed by atoms with Crippen molar-refractivity contribution in [2.75, 3.05) is 54.6 Å². The second-order valence-electron chi connectivity index (χ2n) is 17.6. The molecule has 22 heteroatoms. The van der Waals surface area contributed by atoms with Crippen molar-refractivity contribution in [2.24, 2.45) is 9.98 Å². The maximum Gasteiger partial charge on any atom is 0.280 e. The third-order valence-corrected chi connectivity index (χ3v) is 12.9. The highest BCUT2D eigenvalue weighted by Crippen LogP contribution is 2.43. The lowest BCUT2D eigenvalue weighted by atomic mass is 9.80. The van der Waals surface area contributed by atoms with Gasteiger partial charge in [0.05, 0.1) is 51.7 Å². The molecule has 22 nitrogen and oxygen atoms in total. The van der Waals surface area contributed by atoms with Gasteiger partial charge in [-0.15, -0.1) is 0 Å². The molecular formula is C49H56N12O10. The van der Waals surface area contributed by atoms with Crippen LogP contribution in [0.25, 0.3) is 22.3 Å². The van der Waals surface area contributed by atoms with Crippen LogP contribution in [0.3, 0.4) is 0 Å². The summed E-state index contributed by atoms with van der Waals surface area (Å²) in [5.74, 6) is 2.64. The lowest BCUT2D eigenvalue weighted by Gasteiger charge is -2.37. The molecule has 4 aromatic heterocycles. The molecule has 5 N–H and O–H groups in total. The van der Waals surface area contributed by atoms with E-state index in [0.717, 1.165) is 16.7 Å². The Kier molecular flexibility index (Phi) is 14.1. The number of fused-ring (bicyclic) bond motifs is 2. The standard InChI is InChI=1S/C49H56N12O10/c1-28(58(3)4)52-47-54-43-41(45(65)56-47)51-27-61(43)40-23-36(64)38(71-40)25-69-49(30-10-8-7-9-11-30,31-12-16-33(67-6)17-13-31)32-14-18-34(19-15-32)68-21-20-59(5)29(2)53-48-55-44-42(46(66)57-48)50-26-60(44)39-22-35(63)37(24-62)70-39/h7-19,26-27,35-40,62-64H,20-25H2,1-6H3,(H,54,56,65)(H,55,57,66)/t35?,36?,37-,38-,39-,40-,49?/m1/s1. The maximum absolute atomic E-state index is 13.0. The van der Waals surface area contributed by atoms with Gasteiger partial charge in [0.2, 0.25) is 11.9 Å². The Morgan fingerprint density at radius 1 is 0.746 bits per heavy atom. The van der Waals surface area contributed by atoms with Gasteiger partial charge in [-0.2, -0.15) is 9.97 Å². The number of nitrogens with zero attached hydrogens (tertiary/aromatic N) is 10. The predicted molar refractivity (Wildman–Crippen MR) is 262 cm³/mol. The minimum atomic E-state index is -1.21. The van der Waals surface area contributed by atoms with Gasteiger partial charge in [-0.05, 0) is 54.8 Å². The number of aromatic nitrogens is 8. The number of hydrogen-bond acceptors (Lipinski definition) is 16. The van der Waals surface area contributed by atoms with Gasteiger partial charge in [0.15, 0.2) is 22.3 Å². The number of ether oxygens (including phenoxy) is 5. The molecule has 0 aliphatic carbocycles. The number of methoxy groups -OCH3 is 1. The van der Waals surface area contributed by atoms with Crippen LogP contribution in [-0.2, 0) is 19.8 Å². The molecule has 2 aliphatic heterocycles. The number of aromatic amines is 2. The largest absolute Gasteiger partial charge is 0.497 e. The van der Waals surface area contributed by atoms with Gasteiger partial charge in [0.25, 0.3) is 11.1 Å². The molecule has 0 radical (unpaired) electrons. The molecule has 2 fully saturated rings. The number of aliphatic hydroxyl groups excluding tert-OH is 3. The summed E-state index contributed by atoms with van der Waals surface area (Å²) in [4.78, 5) is 61.7. The van der Waals surface area contributed by atoms with Crippen molar-refractivity contribution in [1.82, 2.24) is 48.8 Å². The number of rotatable bonds is 16. The maximum atomic E-state index is 13.0. The highest BCUT2D eigenvalue weighted by Gasteiger charge is 2.42. The Morgan fingerprint density at radius 2 is 1.25 bits per heavy atom. The van der Waals surface area contributed by atoms with E-state index in [1.54, 1.807) is 35.0 Å². The van der Waals surface area contributed by atoms with Crippen molar-refractivity contribution >= 4 is 45.9 Å². The molecule has 0 saturated carbocycles. The van der Waals surface area contributed by atoms with Crippen LogP contribution in [0.1, 0.15) is 55.8 Å². The quantitative estimate of drug-likeness (QED) is 0.0527. The molecular weight excluding hydrogens is 917 g/mol. The first-order chi connectivity index (χ1) is 34.3. The lowest BCUT2D eigenvalue weighted by Crippen LogP contribution is -2.38. The molecule has 372 valence electrons. The minimum absolute atomic E-state index is 0.0344. The third-order valence-electron chi connectivity index (χ3n) is 12.9. The third kappa shape index (κ3) is 9.89. The van der Waals surface area contributed by atoms with Crippen LogP contribution in [0.5, 0.6) is 11.5 Å². The van der Waals surface area contributed by atoms with Crippen LogP contribution >= 0.6 is 0 Å². The van der Waals surface area contributed by atoms with E-state index in [1.165, 1.54) is 12.7 Å². The van der Waals surface area contributed by atoms with Crippen molar-refractivity contribution in [2.45, 2.75) is 69.2 Å². The number of benzene rings is 3. The number of likely N-dealkylation sites (N-methyl/N-ethyl adjacent to an activating group) is 1. The van der Waals surface area contributed by atoms with Gasteiger partial charge in [0, 0.05) is 34.0 Å². The van der Waals surface area contributed by atoms with Crippen LogP contribution < -0.4 is 20.6 Å². The van der Waals surface area contributed by atoms with Crippen LogP contribution in [0.2, 0.25) is 0 Å². The molecule has 0 bridgehead atoms. The fourth-order valence-electron chi connectivity index (χ4n) is 8.64. The first-order valence-corrected chi connectivity index (χ1v) is 23.0. The Bertz CT molecular complexity index is 3150. The summed E-state index contributed by atoms with van der Waals surface area (Å²) in [5.41, 5.74) is 1.000. The van der Waals surface area contributed by atoms with Crippen LogP contribution in [0.15, 0.2) is 111 Å². The van der Waals surface area contributed by atoms with E-state index in [1.807, 2.05) is 105 Å². The zero-order valence-electron chi connectivity index (χ0n) is 40.0. The molecule has 7 aromatic rings. The summed E-state index contributed by atoms with van der Waals surface area (Å²) in [7, 11) is 7.13. The van der Waals surface area contributed by atoms with E-state index in [9.17, 15) is 24.9 Å². The Labute approximate surface area is 406 Å². The van der Waals surface area contributed by atoms with E-state index in [2.05, 4.69) is 39.9 Å². The predicted octanol–water partition coefficient (Wildman–Crippen LogP) is 3.53. The van der Waals surface area contributed by atoms with Gasteiger partial charge < -0.3 is 48.8 Å². The van der Waals surface area contributed by atoms with E-state index in [-0.39, 0.29) is 66.9 Å². The van der Waals surface area contributed by atoms with Gasteiger partial charge in [0.1, 0.15) is 60.0 Å². The first kappa shape index (κ1) is 48.7. The Morgan fingerprint density at radius 3 is 1.77 bits per heavy atom. The number of aliphatic hydroxyl groups is 3. The second-order valence-corrected chi connectivity index (χ2v) is 17.6. The fraction of sp³-hybridized carbons (Fsp3) is 0.388. The van der Waals surface area contributed by atoms with E-state index in [4.69, 9.17) is 23.7 Å². The minimum Gasteiger partial charge on any atom is -0.497 e. The molecule has 0 spiro atoms. The van der Waals surface area contributed by atoms with Crippen LogP contribution in [-0.4, -0.2) is 155 Å². The van der Waals surface area contributed by atoms with Gasteiger partial charge in [-0.1, -0.05) is 54.6 Å². The van der Waals surface area contributed by atoms with E-state index >= 15 is 0 Å². The van der Waals surface area contributed by atoms with E-state index < -0.39 is 53.6 Å². The van der Waals surface area contributed by atoms with Crippen molar-refractivity contribution in [1.29, 1.82) is 0 Å². The molecule has 3 aromatic carbocycles. The summed E-state index contributed by atoms with van der Waals surface area (Å²) >= 11 is 0. The number of hydrogen-bond donors (Lipinski definition) is 5. The van der Waals surface area contributed by atoms with Gasteiger partial charge in [-0.3, -0.25) is 28.7 Å². The average molecular weight is 973 g/mol. The average Bonchev–Trinajstić information content (AvgIpc) is 4.17. The molecule has 2 saturated heterocycles. The molecule has 71 heavy (non-hydrogen) atoms. The van der Waals surface area contributed by atoms with Crippen molar-refractivity contribution in [3.05, 3.63) is 129 Å². The summed E-state index contributed by atoms with van der Waals surface area (Å²) in [5, 5.41) is 31.4. The van der Waals surface area contributed by atoms with Crippen LogP contribution in [0, 0.1) is 0 Å². The van der Waals surface area contributed by atoms with Crippen molar-refractivity contribution < 1.29 is 39.0 Å². The zero-order chi connectivity index (χ0) is 50.0. The van der Waals surface area contributed by atoms with Gasteiger partial charge >= 0.3 is 0 Å². The van der Waals surface area contributed by atoms with Crippen molar-refractivity contribution in [3.63, 3.8) is 0 Å². The summed E-state index contributed by atoms with van der Waals surface area (Å²) < 4.78 is 34.4. The number of aliphatic imine (C=N–C) groups is 2. The number of imidazole rings is 2. The monoisotopic (exact) mass is 972 g/mol. The summed E-state index contributed by atoms with van der Waals surface area (Å²) in [6.07, 6.45) is -1.43. The fourth-order valence-corrected chi connectivity index (χ4v) is 8.64. The molecule has 0 amide bonds. The number of nitrogens with one attached hydrogen (secondary N) is 2. The molecule has 3 unspecified atom stereocenters. The van der Waals surface area contributed by atoms with Gasteiger partial charge in [-0.25, -0.2) is 20.0 Å². The highest BCUT2D eigenvalue weighted by molar-refractivity contribution is 5.82.